The Morgan fingerprint density at radius 1 is 1.39 bits per heavy atom. The van der Waals surface area contributed by atoms with Crippen molar-refractivity contribution in [3.63, 3.8) is 0 Å². The van der Waals surface area contributed by atoms with Gasteiger partial charge < -0.3 is 19.9 Å². The van der Waals surface area contributed by atoms with E-state index < -0.39 is 12.2 Å². The average Bonchev–Trinajstić information content (AvgIpc) is 2.68. The van der Waals surface area contributed by atoms with Crippen LogP contribution in [-0.2, 0) is 19.0 Å². The average molecular weight is 386 g/mol. The first-order valence-corrected chi connectivity index (χ1v) is 9.19. The quantitative estimate of drug-likeness (QED) is 0.396. The molecule has 0 radical (unpaired) electrons. The molecular weight excluding hydrogens is 360 g/mol. The van der Waals surface area contributed by atoms with Crippen molar-refractivity contribution in [3.05, 3.63) is 42.0 Å². The summed E-state index contributed by atoms with van der Waals surface area (Å²) < 4.78 is 16.5. The Morgan fingerprint density at radius 2 is 2.21 bits per heavy atom. The van der Waals surface area contributed by atoms with E-state index in [9.17, 15) is 4.79 Å². The van der Waals surface area contributed by atoms with E-state index in [1.807, 2.05) is 18.2 Å². The van der Waals surface area contributed by atoms with Crippen molar-refractivity contribution >= 4 is 22.4 Å². The standard InChI is InChI=1S/C20H26N4O4/c1-13(27-3)28-18(10-24-7-6-16(24)11-26-2)19(20(21)25)14-4-5-17-15(8-14)9-22-12-23-17/h4-5,8-9,12-13,16H,6-7,10-11H2,1-3H3,(H2,21,25). The number of rotatable bonds is 9. The molecule has 1 fully saturated rings. The Bertz CT molecular complexity index is 870. The van der Waals surface area contributed by atoms with Crippen LogP contribution < -0.4 is 5.73 Å². The van der Waals surface area contributed by atoms with Crippen molar-refractivity contribution in [2.24, 2.45) is 5.73 Å². The van der Waals surface area contributed by atoms with Crippen molar-refractivity contribution < 1.29 is 19.0 Å². The zero-order valence-electron chi connectivity index (χ0n) is 16.4. The lowest BCUT2D eigenvalue weighted by Crippen LogP contribution is -2.51. The Morgan fingerprint density at radius 3 is 2.86 bits per heavy atom. The van der Waals surface area contributed by atoms with Gasteiger partial charge in [0.05, 0.1) is 24.2 Å². The van der Waals surface area contributed by atoms with Gasteiger partial charge in [0.1, 0.15) is 12.1 Å². The predicted octanol–water partition coefficient (Wildman–Crippen LogP) is 1.56. The van der Waals surface area contributed by atoms with Crippen LogP contribution in [0.1, 0.15) is 18.9 Å². The molecule has 2 N–H and O–H groups in total. The van der Waals surface area contributed by atoms with Crippen molar-refractivity contribution in [3.8, 4) is 0 Å². The number of aromatic nitrogens is 2. The number of methoxy groups -OCH3 is 2. The number of nitrogens with two attached hydrogens (primary N) is 1. The summed E-state index contributed by atoms with van der Waals surface area (Å²) in [5.74, 6) is -0.0721. The molecular formula is C20H26N4O4. The predicted molar refractivity (Wildman–Crippen MR) is 105 cm³/mol. The van der Waals surface area contributed by atoms with Crippen molar-refractivity contribution in [1.29, 1.82) is 0 Å². The van der Waals surface area contributed by atoms with E-state index in [0.29, 0.717) is 36.1 Å². The van der Waals surface area contributed by atoms with Crippen LogP contribution in [0.2, 0.25) is 0 Å². The number of fused-ring (bicyclic) bond motifs is 1. The third kappa shape index (κ3) is 4.46. The van der Waals surface area contributed by atoms with Gasteiger partial charge in [-0.15, -0.1) is 0 Å². The summed E-state index contributed by atoms with van der Waals surface area (Å²) in [7, 11) is 3.24. The van der Waals surface area contributed by atoms with Gasteiger partial charge in [-0.25, -0.2) is 9.97 Å². The third-order valence-corrected chi connectivity index (χ3v) is 4.93. The molecule has 2 aromatic rings. The summed E-state index contributed by atoms with van der Waals surface area (Å²) in [6.45, 7) is 3.76. The molecule has 8 heteroatoms. The monoisotopic (exact) mass is 386 g/mol. The van der Waals surface area contributed by atoms with Crippen LogP contribution >= 0.6 is 0 Å². The van der Waals surface area contributed by atoms with Gasteiger partial charge in [0.15, 0.2) is 6.29 Å². The highest BCUT2D eigenvalue weighted by Crippen LogP contribution is 2.27. The second kappa shape index (κ2) is 9.09. The summed E-state index contributed by atoms with van der Waals surface area (Å²) in [5.41, 5.74) is 7.55. The maximum absolute atomic E-state index is 12.4. The summed E-state index contributed by atoms with van der Waals surface area (Å²) >= 11 is 0. The van der Waals surface area contributed by atoms with Gasteiger partial charge in [0, 0.05) is 38.4 Å². The van der Waals surface area contributed by atoms with E-state index >= 15 is 0 Å². The SMILES string of the molecule is COCC1CCN1CC(OC(C)OC)=C(C(N)=O)c1ccc2ncncc2c1. The lowest BCUT2D eigenvalue weighted by Gasteiger charge is -2.41. The minimum atomic E-state index is -0.557. The van der Waals surface area contributed by atoms with Crippen LogP contribution in [0.5, 0.6) is 0 Å². The number of likely N-dealkylation sites (tertiary alicyclic amines) is 1. The first-order valence-electron chi connectivity index (χ1n) is 9.19. The van der Waals surface area contributed by atoms with Gasteiger partial charge in [-0.2, -0.15) is 0 Å². The zero-order valence-corrected chi connectivity index (χ0v) is 16.4. The van der Waals surface area contributed by atoms with E-state index in [-0.39, 0.29) is 0 Å². The van der Waals surface area contributed by atoms with Crippen LogP contribution in [0, 0.1) is 0 Å². The molecule has 0 saturated carbocycles. The van der Waals surface area contributed by atoms with E-state index in [0.717, 1.165) is 23.9 Å². The van der Waals surface area contributed by atoms with Crippen molar-refractivity contribution in [2.75, 3.05) is 33.9 Å². The molecule has 0 spiro atoms. The topological polar surface area (TPSA) is 99.8 Å². The summed E-state index contributed by atoms with van der Waals surface area (Å²) in [6.07, 6.45) is 3.71. The molecule has 0 bridgehead atoms. The number of benzene rings is 1. The molecule has 1 aliphatic heterocycles. The summed E-state index contributed by atoms with van der Waals surface area (Å²) in [5, 5.41) is 0.819. The van der Waals surface area contributed by atoms with E-state index in [1.165, 1.54) is 6.33 Å². The maximum Gasteiger partial charge on any atom is 0.252 e. The maximum atomic E-state index is 12.4. The van der Waals surface area contributed by atoms with Crippen LogP contribution in [-0.4, -0.2) is 67.0 Å². The van der Waals surface area contributed by atoms with Crippen LogP contribution in [0.25, 0.3) is 16.5 Å². The highest BCUT2D eigenvalue weighted by atomic mass is 16.7. The van der Waals surface area contributed by atoms with E-state index in [4.69, 9.17) is 19.9 Å². The van der Waals surface area contributed by atoms with Gasteiger partial charge in [0.2, 0.25) is 0 Å². The first-order chi connectivity index (χ1) is 13.5. The molecule has 3 rings (SSSR count). The van der Waals surface area contributed by atoms with Gasteiger partial charge in [-0.1, -0.05) is 6.07 Å². The number of hydrogen-bond donors (Lipinski definition) is 1. The Kier molecular flexibility index (Phi) is 6.56. The number of carbonyl (C=O) groups excluding carboxylic acids is 1. The van der Waals surface area contributed by atoms with Gasteiger partial charge in [-0.3, -0.25) is 9.69 Å². The second-order valence-corrected chi connectivity index (χ2v) is 6.75. The molecule has 1 saturated heterocycles. The number of carbonyl (C=O) groups is 1. The molecule has 1 amide bonds. The Balaban J connectivity index is 2.01. The largest absolute Gasteiger partial charge is 0.467 e. The fraction of sp³-hybridized carbons (Fsp3) is 0.450. The zero-order chi connectivity index (χ0) is 20.1. The number of amides is 1. The number of hydrogen-bond acceptors (Lipinski definition) is 7. The van der Waals surface area contributed by atoms with Gasteiger partial charge >= 0.3 is 0 Å². The summed E-state index contributed by atoms with van der Waals surface area (Å²) in [4.78, 5) is 22.9. The molecule has 150 valence electrons. The van der Waals surface area contributed by atoms with Crippen LogP contribution in [0.15, 0.2) is 36.5 Å². The molecule has 1 aromatic carbocycles. The lowest BCUT2D eigenvalue weighted by atomic mass is 9.99. The molecule has 28 heavy (non-hydrogen) atoms. The van der Waals surface area contributed by atoms with Gasteiger partial charge in [0.25, 0.3) is 5.91 Å². The van der Waals surface area contributed by atoms with Crippen LogP contribution in [0.4, 0.5) is 0 Å². The Labute approximate surface area is 164 Å². The highest BCUT2D eigenvalue weighted by molar-refractivity contribution is 6.20. The van der Waals surface area contributed by atoms with Gasteiger partial charge in [-0.05, 0) is 31.0 Å². The van der Waals surface area contributed by atoms with Crippen LogP contribution in [0.3, 0.4) is 0 Å². The summed E-state index contributed by atoms with van der Waals surface area (Å²) in [6, 6.07) is 5.79. The molecule has 1 aromatic heterocycles. The highest BCUT2D eigenvalue weighted by Gasteiger charge is 2.31. The normalized spacial score (nSPS) is 19.0. The molecule has 8 nitrogen and oxygen atoms in total. The van der Waals surface area contributed by atoms with E-state index in [2.05, 4.69) is 14.9 Å². The molecule has 2 heterocycles. The lowest BCUT2D eigenvalue weighted by molar-refractivity contribution is -0.113. The van der Waals surface area contributed by atoms with Crippen molar-refractivity contribution in [1.82, 2.24) is 14.9 Å². The Hall–Kier alpha value is -2.55. The number of primary amides is 1. The second-order valence-electron chi connectivity index (χ2n) is 6.75. The van der Waals surface area contributed by atoms with E-state index in [1.54, 1.807) is 27.3 Å². The first kappa shape index (κ1) is 20.2. The smallest absolute Gasteiger partial charge is 0.252 e. The molecule has 1 aliphatic rings. The molecule has 2 unspecified atom stereocenters. The molecule has 2 atom stereocenters. The molecule has 0 aliphatic carbocycles. The fourth-order valence-corrected chi connectivity index (χ4v) is 3.27. The minimum Gasteiger partial charge on any atom is -0.467 e. The third-order valence-electron chi connectivity index (χ3n) is 4.93. The number of nitrogens with zero attached hydrogens (tertiary/aromatic N) is 3. The van der Waals surface area contributed by atoms with Crippen molar-refractivity contribution in [2.45, 2.75) is 25.7 Å². The fourth-order valence-electron chi connectivity index (χ4n) is 3.27. The minimum absolute atomic E-state index is 0.292. The number of ether oxygens (including phenoxy) is 3.